The molecule has 0 radical (unpaired) electrons. The second-order valence-corrected chi connectivity index (χ2v) is 6.87. The van der Waals surface area contributed by atoms with E-state index in [0.29, 0.717) is 11.6 Å². The summed E-state index contributed by atoms with van der Waals surface area (Å²) in [5.74, 6) is 0.170. The first-order valence-corrected chi connectivity index (χ1v) is 8.07. The highest BCUT2D eigenvalue weighted by molar-refractivity contribution is 8.01. The van der Waals surface area contributed by atoms with E-state index in [2.05, 4.69) is 4.98 Å². The molecule has 1 aromatic heterocycles. The van der Waals surface area contributed by atoms with E-state index in [4.69, 9.17) is 11.6 Å². The van der Waals surface area contributed by atoms with Gasteiger partial charge in [0.05, 0.1) is 5.25 Å². The van der Waals surface area contributed by atoms with E-state index in [1.54, 1.807) is 18.0 Å². The van der Waals surface area contributed by atoms with Gasteiger partial charge >= 0.3 is 0 Å². The molecule has 0 bridgehead atoms. The number of rotatable bonds is 3. The Hall–Kier alpha value is -1.52. The first-order chi connectivity index (χ1) is 10.1. The number of nitrogens with zero attached hydrogens (tertiary/aromatic N) is 2. The molecule has 3 nitrogen and oxygen atoms in total. The number of hydrogen-bond acceptors (Lipinski definition) is 3. The van der Waals surface area contributed by atoms with E-state index in [-0.39, 0.29) is 16.5 Å². The monoisotopic (exact) mass is 318 g/mol. The van der Waals surface area contributed by atoms with Gasteiger partial charge in [-0.3, -0.25) is 9.78 Å². The predicted octanol–water partition coefficient (Wildman–Crippen LogP) is 3.90. The fraction of sp³-hybridized carbons (Fsp3) is 0.250. The highest BCUT2D eigenvalue weighted by Gasteiger charge is 2.38. The van der Waals surface area contributed by atoms with E-state index in [1.807, 2.05) is 54.4 Å². The van der Waals surface area contributed by atoms with Gasteiger partial charge in [-0.05, 0) is 30.7 Å². The molecule has 0 aliphatic carbocycles. The number of thioether (sulfide) groups is 1. The Morgan fingerprint density at radius 2 is 2.05 bits per heavy atom. The molecule has 2 aromatic rings. The normalized spacial score (nSPS) is 21.8. The standard InChI is InChI=1S/C16H15ClN2OS/c1-11-15(20)19(10-12-4-6-14(17)7-5-12)16(21-11)13-3-2-8-18-9-13/h2-9,11,16H,10H2,1H3. The third kappa shape index (κ3) is 3.06. The Balaban J connectivity index is 1.86. The number of carbonyl (C=O) groups excluding carboxylic acids is 1. The maximum atomic E-state index is 12.4. The van der Waals surface area contributed by atoms with Crippen LogP contribution in [0.5, 0.6) is 0 Å². The van der Waals surface area contributed by atoms with Gasteiger partial charge in [-0.15, -0.1) is 11.8 Å². The smallest absolute Gasteiger partial charge is 0.236 e. The van der Waals surface area contributed by atoms with Gasteiger partial charge in [0.15, 0.2) is 0 Å². The molecule has 1 aliphatic rings. The molecule has 5 heteroatoms. The number of amides is 1. The van der Waals surface area contributed by atoms with Crippen molar-refractivity contribution in [3.8, 4) is 0 Å². The lowest BCUT2D eigenvalue weighted by atomic mass is 10.2. The number of benzene rings is 1. The van der Waals surface area contributed by atoms with E-state index in [1.165, 1.54) is 0 Å². The Labute approximate surface area is 133 Å². The van der Waals surface area contributed by atoms with Crippen LogP contribution in [0.15, 0.2) is 48.8 Å². The maximum absolute atomic E-state index is 12.4. The quantitative estimate of drug-likeness (QED) is 0.860. The van der Waals surface area contributed by atoms with E-state index < -0.39 is 0 Å². The van der Waals surface area contributed by atoms with Gasteiger partial charge in [0.25, 0.3) is 0 Å². The van der Waals surface area contributed by atoms with Crippen molar-refractivity contribution in [3.63, 3.8) is 0 Å². The molecule has 108 valence electrons. The second-order valence-electron chi connectivity index (χ2n) is 5.01. The van der Waals surface area contributed by atoms with Crippen LogP contribution in [0.2, 0.25) is 5.02 Å². The van der Waals surface area contributed by atoms with Crippen molar-refractivity contribution < 1.29 is 4.79 Å². The number of pyridine rings is 1. The Morgan fingerprint density at radius 3 is 2.71 bits per heavy atom. The fourth-order valence-electron chi connectivity index (χ4n) is 2.40. The van der Waals surface area contributed by atoms with Crippen LogP contribution in [0, 0.1) is 0 Å². The van der Waals surface area contributed by atoms with E-state index >= 15 is 0 Å². The molecule has 2 atom stereocenters. The zero-order chi connectivity index (χ0) is 14.8. The molecular formula is C16H15ClN2OS. The molecule has 1 aromatic carbocycles. The minimum atomic E-state index is -0.0255. The third-order valence-corrected chi connectivity index (χ3v) is 5.13. The van der Waals surface area contributed by atoms with E-state index in [0.717, 1.165) is 11.1 Å². The molecule has 3 rings (SSSR count). The molecule has 2 unspecified atom stereocenters. The van der Waals surface area contributed by atoms with Crippen LogP contribution in [0.3, 0.4) is 0 Å². The van der Waals surface area contributed by atoms with Crippen LogP contribution in [-0.4, -0.2) is 21.0 Å². The summed E-state index contributed by atoms with van der Waals surface area (Å²) in [6, 6.07) is 11.6. The molecule has 21 heavy (non-hydrogen) atoms. The summed E-state index contributed by atoms with van der Waals surface area (Å²) in [6.45, 7) is 2.55. The van der Waals surface area contributed by atoms with Gasteiger partial charge in [0.2, 0.25) is 5.91 Å². The largest absolute Gasteiger partial charge is 0.321 e. The van der Waals surface area contributed by atoms with Crippen molar-refractivity contribution in [2.45, 2.75) is 24.1 Å². The van der Waals surface area contributed by atoms with Crippen molar-refractivity contribution >= 4 is 29.3 Å². The first-order valence-electron chi connectivity index (χ1n) is 6.75. The van der Waals surface area contributed by atoms with Gasteiger partial charge < -0.3 is 4.90 Å². The summed E-state index contributed by atoms with van der Waals surface area (Å²) in [6.07, 6.45) is 3.58. The van der Waals surface area contributed by atoms with Gasteiger partial charge in [0, 0.05) is 29.5 Å². The number of carbonyl (C=O) groups is 1. The molecule has 1 fully saturated rings. The van der Waals surface area contributed by atoms with Gasteiger partial charge in [-0.2, -0.15) is 0 Å². The maximum Gasteiger partial charge on any atom is 0.236 e. The van der Waals surface area contributed by atoms with Crippen LogP contribution in [0.4, 0.5) is 0 Å². The molecule has 1 saturated heterocycles. The van der Waals surface area contributed by atoms with Crippen molar-refractivity contribution in [2.24, 2.45) is 0 Å². The summed E-state index contributed by atoms with van der Waals surface area (Å²) in [5.41, 5.74) is 2.14. The lowest BCUT2D eigenvalue weighted by Gasteiger charge is -2.24. The van der Waals surface area contributed by atoms with Crippen molar-refractivity contribution in [1.29, 1.82) is 0 Å². The van der Waals surface area contributed by atoms with Crippen LogP contribution < -0.4 is 0 Å². The zero-order valence-corrected chi connectivity index (χ0v) is 13.1. The number of hydrogen-bond donors (Lipinski definition) is 0. The summed E-state index contributed by atoms with van der Waals surface area (Å²) >= 11 is 7.58. The molecule has 1 amide bonds. The highest BCUT2D eigenvalue weighted by Crippen LogP contribution is 2.43. The molecule has 1 aliphatic heterocycles. The Kier molecular flexibility index (Phi) is 4.17. The predicted molar refractivity (Wildman–Crippen MR) is 86.0 cm³/mol. The molecule has 0 N–H and O–H groups in total. The molecular weight excluding hydrogens is 304 g/mol. The number of aromatic nitrogens is 1. The summed E-state index contributed by atoms with van der Waals surface area (Å²) in [7, 11) is 0. The third-order valence-electron chi connectivity index (χ3n) is 3.48. The summed E-state index contributed by atoms with van der Waals surface area (Å²) in [5, 5.41) is 0.706. The minimum absolute atomic E-state index is 0.0249. The highest BCUT2D eigenvalue weighted by atomic mass is 35.5. The molecule has 0 spiro atoms. The average molecular weight is 319 g/mol. The minimum Gasteiger partial charge on any atom is -0.321 e. The summed E-state index contributed by atoms with van der Waals surface area (Å²) < 4.78 is 0. The Bertz CT molecular complexity index is 632. The SMILES string of the molecule is CC1SC(c2cccnc2)N(Cc2ccc(Cl)cc2)C1=O. The first kappa shape index (κ1) is 14.4. The Morgan fingerprint density at radius 1 is 1.29 bits per heavy atom. The molecule has 2 heterocycles. The topological polar surface area (TPSA) is 33.2 Å². The van der Waals surface area contributed by atoms with Gasteiger partial charge in [-0.25, -0.2) is 0 Å². The number of halogens is 1. The van der Waals surface area contributed by atoms with Crippen LogP contribution in [0.25, 0.3) is 0 Å². The second kappa shape index (κ2) is 6.08. The van der Waals surface area contributed by atoms with E-state index in [9.17, 15) is 4.79 Å². The average Bonchev–Trinajstić information content (AvgIpc) is 2.79. The van der Waals surface area contributed by atoms with Crippen LogP contribution in [0.1, 0.15) is 23.4 Å². The van der Waals surface area contributed by atoms with Crippen molar-refractivity contribution in [1.82, 2.24) is 9.88 Å². The molecule has 0 saturated carbocycles. The van der Waals surface area contributed by atoms with Crippen LogP contribution in [-0.2, 0) is 11.3 Å². The lowest BCUT2D eigenvalue weighted by molar-refractivity contribution is -0.130. The van der Waals surface area contributed by atoms with Gasteiger partial charge in [-0.1, -0.05) is 29.8 Å². The fourth-order valence-corrected chi connectivity index (χ4v) is 3.79. The van der Waals surface area contributed by atoms with Crippen molar-refractivity contribution in [3.05, 3.63) is 64.9 Å². The van der Waals surface area contributed by atoms with Gasteiger partial charge in [0.1, 0.15) is 5.37 Å². The van der Waals surface area contributed by atoms with Crippen molar-refractivity contribution in [2.75, 3.05) is 0 Å². The zero-order valence-electron chi connectivity index (χ0n) is 11.6. The lowest BCUT2D eigenvalue weighted by Crippen LogP contribution is -2.29. The summed E-state index contributed by atoms with van der Waals surface area (Å²) in [4.78, 5) is 18.5. The van der Waals surface area contributed by atoms with Crippen LogP contribution >= 0.6 is 23.4 Å².